The van der Waals surface area contributed by atoms with Crippen molar-refractivity contribution >= 4 is 116 Å². The summed E-state index contributed by atoms with van der Waals surface area (Å²) in [5.74, 6) is 2.15. The molecule has 0 spiro atoms. The van der Waals surface area contributed by atoms with Gasteiger partial charge in [-0.2, -0.15) is 33.7 Å². The number of nitrogens with zero attached hydrogens (tertiary/aromatic N) is 5. The zero-order chi connectivity index (χ0) is 47.0. The first-order valence-corrected chi connectivity index (χ1v) is 26.1. The van der Waals surface area contributed by atoms with E-state index in [1.807, 2.05) is 23.1 Å². The van der Waals surface area contributed by atoms with E-state index >= 15 is 0 Å². The Morgan fingerprint density at radius 1 is 0.582 bits per heavy atom. The lowest BCUT2D eigenvalue weighted by molar-refractivity contribution is 0.0717. The smallest absolute Gasteiger partial charge is 0.274 e. The van der Waals surface area contributed by atoms with Crippen LogP contribution >= 0.6 is 81.5 Å². The second-order valence-corrected chi connectivity index (χ2v) is 20.2. The van der Waals surface area contributed by atoms with E-state index in [2.05, 4.69) is 10.4 Å². The molecule has 0 atom stereocenters. The largest absolute Gasteiger partial charge is 0.337 e. The molecule has 17 heteroatoms. The number of fused-ring (bicyclic) bond motifs is 2. The quantitative estimate of drug-likeness (QED) is 0.166. The number of nitrogens with one attached hydrogen (secondary N) is 1. The van der Waals surface area contributed by atoms with E-state index in [1.54, 1.807) is 87.5 Å². The first-order chi connectivity index (χ1) is 32.4. The third-order valence-electron chi connectivity index (χ3n) is 11.5. The minimum Gasteiger partial charge on any atom is -0.337 e. The zero-order valence-corrected chi connectivity index (χ0v) is 41.6. The summed E-state index contributed by atoms with van der Waals surface area (Å²) in [7, 11) is 0. The van der Waals surface area contributed by atoms with Crippen LogP contribution in [0.2, 0.25) is 20.1 Å². The molecule has 348 valence electrons. The van der Waals surface area contributed by atoms with Crippen LogP contribution in [0.5, 0.6) is 0 Å². The van der Waals surface area contributed by atoms with E-state index in [0.717, 1.165) is 82.9 Å². The second-order valence-electron chi connectivity index (χ2n) is 16.2. The molecular weight excluding hydrogens is 996 g/mol. The summed E-state index contributed by atoms with van der Waals surface area (Å²) in [6.45, 7) is 4.02. The van der Waals surface area contributed by atoms with Gasteiger partial charge >= 0.3 is 0 Å². The highest BCUT2D eigenvalue weighted by Crippen LogP contribution is 2.41. The van der Waals surface area contributed by atoms with Crippen LogP contribution in [-0.4, -0.2) is 73.3 Å². The fourth-order valence-corrected chi connectivity index (χ4v) is 11.4. The molecule has 0 bridgehead atoms. The molecule has 0 saturated carbocycles. The lowest BCUT2D eigenvalue weighted by Crippen LogP contribution is -2.36. The average molecular weight is 1040 g/mol. The summed E-state index contributed by atoms with van der Waals surface area (Å²) in [5.41, 5.74) is 8.99. The van der Waals surface area contributed by atoms with Gasteiger partial charge in [-0.3, -0.25) is 9.59 Å². The number of rotatable bonds is 6. The van der Waals surface area contributed by atoms with E-state index in [4.69, 9.17) is 63.1 Å². The summed E-state index contributed by atoms with van der Waals surface area (Å²) in [4.78, 5) is 27.4. The van der Waals surface area contributed by atoms with Crippen LogP contribution in [0.15, 0.2) is 84.9 Å². The number of carbonyl (C=O) groups excluding carboxylic acids is 2. The molecule has 10 rings (SSSR count). The highest BCUT2D eigenvalue weighted by molar-refractivity contribution is 7.99. The monoisotopic (exact) mass is 1040 g/mol. The molecule has 4 aliphatic rings. The normalized spacial score (nSPS) is 16.9. The van der Waals surface area contributed by atoms with Crippen LogP contribution in [0.4, 0.5) is 8.78 Å². The van der Waals surface area contributed by atoms with Crippen LogP contribution in [0, 0.1) is 11.6 Å². The fourth-order valence-electron chi connectivity index (χ4n) is 8.27. The fraction of sp³-hybridized carbons (Fsp3) is 0.280. The summed E-state index contributed by atoms with van der Waals surface area (Å²) in [6, 6.07) is 22.9. The molecule has 6 aromatic rings. The van der Waals surface area contributed by atoms with Gasteiger partial charge in [0.05, 0.1) is 32.8 Å². The van der Waals surface area contributed by atoms with Crippen molar-refractivity contribution in [1.29, 1.82) is 0 Å². The number of amides is 1. The summed E-state index contributed by atoms with van der Waals surface area (Å²) in [6.07, 6.45) is 11.4. The zero-order valence-electron chi connectivity index (χ0n) is 36.2. The number of carbonyl (C=O) groups is 2. The van der Waals surface area contributed by atoms with Crippen molar-refractivity contribution in [3.63, 3.8) is 0 Å². The Bertz CT molecular complexity index is 2810. The highest BCUT2D eigenvalue weighted by atomic mass is 35.5. The number of hydrogen-bond donors (Lipinski definition) is 1. The Labute approximate surface area is 422 Å². The van der Waals surface area contributed by atoms with E-state index in [9.17, 15) is 18.4 Å². The van der Waals surface area contributed by atoms with Gasteiger partial charge in [0.15, 0.2) is 5.69 Å². The molecule has 0 radical (unpaired) electrons. The van der Waals surface area contributed by atoms with Gasteiger partial charge in [-0.05, 0) is 152 Å². The van der Waals surface area contributed by atoms with E-state index in [-0.39, 0.29) is 23.2 Å². The molecule has 0 aliphatic carbocycles. The maximum absolute atomic E-state index is 13.5. The van der Waals surface area contributed by atoms with E-state index < -0.39 is 5.24 Å². The predicted octanol–water partition coefficient (Wildman–Crippen LogP) is 14.0. The number of likely N-dealkylation sites (tertiary alicyclic amines) is 1. The average Bonchev–Trinajstić information content (AvgIpc) is 3.92. The van der Waals surface area contributed by atoms with Crippen LogP contribution in [-0.2, 0) is 11.5 Å². The van der Waals surface area contributed by atoms with Gasteiger partial charge in [0.1, 0.15) is 17.3 Å². The molecule has 0 unspecified atom stereocenters. The minimum atomic E-state index is -0.622. The van der Waals surface area contributed by atoms with Crippen LogP contribution < -0.4 is 5.32 Å². The number of thioether (sulfide) groups is 2. The maximum atomic E-state index is 13.5. The third-order valence-corrected chi connectivity index (χ3v) is 14.8. The van der Waals surface area contributed by atoms with Crippen LogP contribution in [0.1, 0.15) is 93.1 Å². The summed E-state index contributed by atoms with van der Waals surface area (Å²) < 4.78 is 30.1. The van der Waals surface area contributed by atoms with Gasteiger partial charge in [0, 0.05) is 57.3 Å². The van der Waals surface area contributed by atoms with Crippen LogP contribution in [0.25, 0.3) is 34.7 Å². The van der Waals surface area contributed by atoms with Crippen molar-refractivity contribution in [2.75, 3.05) is 37.7 Å². The molecule has 1 N–H and O–H groups in total. The maximum Gasteiger partial charge on any atom is 0.274 e. The molecular formula is C50H45Cl5F2N6O2S2. The van der Waals surface area contributed by atoms with Gasteiger partial charge in [-0.1, -0.05) is 77.1 Å². The van der Waals surface area contributed by atoms with Crippen molar-refractivity contribution < 1.29 is 18.4 Å². The van der Waals surface area contributed by atoms with E-state index in [1.165, 1.54) is 56.6 Å². The summed E-state index contributed by atoms with van der Waals surface area (Å²) in [5, 5.41) is 13.8. The molecule has 4 aromatic carbocycles. The highest BCUT2D eigenvalue weighted by Gasteiger charge is 2.32. The lowest BCUT2D eigenvalue weighted by Gasteiger charge is -2.26. The first kappa shape index (κ1) is 49.3. The van der Waals surface area contributed by atoms with Gasteiger partial charge in [-0.15, -0.1) is 0 Å². The number of halogens is 7. The van der Waals surface area contributed by atoms with Crippen molar-refractivity contribution in [3.8, 4) is 11.4 Å². The van der Waals surface area contributed by atoms with Crippen molar-refractivity contribution in [2.24, 2.45) is 0 Å². The molecule has 1 amide bonds. The number of hydrogen-bond acceptors (Lipinski definition) is 7. The Hall–Kier alpha value is -4.11. The number of piperidine rings is 2. The Morgan fingerprint density at radius 3 is 1.45 bits per heavy atom. The molecule has 2 aromatic heterocycles. The Morgan fingerprint density at radius 2 is 1.03 bits per heavy atom. The first-order valence-electron chi connectivity index (χ1n) is 21.9. The van der Waals surface area contributed by atoms with Gasteiger partial charge in [0.2, 0.25) is 0 Å². The van der Waals surface area contributed by atoms with E-state index in [0.29, 0.717) is 54.4 Å². The molecule has 8 nitrogen and oxygen atoms in total. The van der Waals surface area contributed by atoms with Crippen molar-refractivity contribution in [2.45, 2.75) is 50.0 Å². The lowest BCUT2D eigenvalue weighted by atomic mass is 10.0. The second kappa shape index (κ2) is 23.0. The molecule has 4 aliphatic heterocycles. The third kappa shape index (κ3) is 12.0. The summed E-state index contributed by atoms with van der Waals surface area (Å²) >= 11 is 34.3. The Kier molecular flexibility index (Phi) is 16.9. The topological polar surface area (TPSA) is 85.0 Å². The van der Waals surface area contributed by atoms with Crippen molar-refractivity contribution in [1.82, 2.24) is 29.8 Å². The molecule has 2 fully saturated rings. The molecule has 6 heterocycles. The van der Waals surface area contributed by atoms with Gasteiger partial charge < -0.3 is 10.2 Å². The molecule has 2 saturated heterocycles. The Balaban J connectivity index is 0.000000163. The minimum absolute atomic E-state index is 0.0292. The van der Waals surface area contributed by atoms with Gasteiger partial charge in [0.25, 0.3) is 11.1 Å². The number of benzene rings is 4. The predicted molar refractivity (Wildman–Crippen MR) is 275 cm³/mol. The standard InChI is InChI=1S/C25H22Cl2FN3OS.C20H12Cl3FN2OS.C5H11N/c26-18-6-9-22(21(27)13-18)31-24-17(12-16-4-7-19(28)8-5-16)14-33-15-20(24)23(29-31)25(32)30-10-2-1-3-11-30;21-13-3-6-17(16(22)8-13)26-19-12(7-11-1-4-14(24)5-2-11)9-28-10-15(19)18(25-26)20(23)27;1-2-4-6-5-3-1/h4-9,12-13H,1-3,10-11,14-15H2;1-8H,9-10H2;6H,1-5H2/b17-12+;12-7+;. The molecule has 67 heavy (non-hydrogen) atoms. The van der Waals surface area contributed by atoms with Gasteiger partial charge in [-0.25, -0.2) is 18.1 Å². The SMILES string of the molecule is C1CCNCC1.O=C(Cl)c1nn(-c2ccc(Cl)cc2Cl)c2c1CSC/C2=C\c1ccc(F)cc1.O=C(c1nn(-c2ccc(Cl)cc2Cl)c2c1CSC/C2=C\c1ccc(F)cc1)N1CCCCC1. The van der Waals surface area contributed by atoms with Crippen molar-refractivity contribution in [3.05, 3.63) is 162 Å². The number of aromatic nitrogens is 4. The van der Waals surface area contributed by atoms with Crippen LogP contribution in [0.3, 0.4) is 0 Å².